The Morgan fingerprint density at radius 1 is 0.947 bits per heavy atom. The van der Waals surface area contributed by atoms with Gasteiger partial charge in [0.25, 0.3) is 0 Å². The normalized spacial score (nSPS) is 10.8. The Bertz CT molecular complexity index is 497. The van der Waals surface area contributed by atoms with E-state index in [-0.39, 0.29) is 0 Å². The summed E-state index contributed by atoms with van der Waals surface area (Å²) in [5.74, 6) is 0.946. The standard InChI is InChI=1S/C18H20O/c1-2-7-16-11-13-18(14-12-16)19-15-6-10-17-8-4-3-5-9-17/h2-5,7-9,11-14H,6,10,15H2,1H3/b7-2+. The Balaban J connectivity index is 1.73. The van der Waals surface area contributed by atoms with Crippen molar-refractivity contribution in [2.75, 3.05) is 6.61 Å². The Labute approximate surface area is 115 Å². The Kier molecular flexibility index (Phi) is 5.24. The largest absolute Gasteiger partial charge is 0.494 e. The monoisotopic (exact) mass is 252 g/mol. The molecule has 0 spiro atoms. The maximum Gasteiger partial charge on any atom is 0.119 e. The highest BCUT2D eigenvalue weighted by Crippen LogP contribution is 2.13. The first kappa shape index (κ1) is 13.4. The molecule has 0 aromatic heterocycles. The maximum absolute atomic E-state index is 5.74. The zero-order valence-corrected chi connectivity index (χ0v) is 11.4. The molecular weight excluding hydrogens is 232 g/mol. The van der Waals surface area contributed by atoms with E-state index in [1.807, 2.05) is 31.2 Å². The van der Waals surface area contributed by atoms with Crippen molar-refractivity contribution in [2.45, 2.75) is 19.8 Å². The van der Waals surface area contributed by atoms with Gasteiger partial charge in [0, 0.05) is 0 Å². The van der Waals surface area contributed by atoms with Crippen LogP contribution in [0.1, 0.15) is 24.5 Å². The highest BCUT2D eigenvalue weighted by Gasteiger charge is 1.95. The summed E-state index contributed by atoms with van der Waals surface area (Å²) < 4.78 is 5.74. The molecule has 0 bridgehead atoms. The van der Waals surface area contributed by atoms with Gasteiger partial charge in [-0.25, -0.2) is 0 Å². The second-order valence-corrected chi connectivity index (χ2v) is 4.51. The zero-order valence-electron chi connectivity index (χ0n) is 11.4. The molecule has 0 heterocycles. The number of ether oxygens (including phenoxy) is 1. The third-order valence-electron chi connectivity index (χ3n) is 2.96. The quantitative estimate of drug-likeness (QED) is 0.675. The molecule has 0 unspecified atom stereocenters. The van der Waals surface area contributed by atoms with Crippen LogP contribution in [-0.4, -0.2) is 6.61 Å². The minimum atomic E-state index is 0.762. The third kappa shape index (κ3) is 4.63. The Morgan fingerprint density at radius 3 is 2.37 bits per heavy atom. The van der Waals surface area contributed by atoms with Gasteiger partial charge < -0.3 is 4.74 Å². The van der Waals surface area contributed by atoms with E-state index in [4.69, 9.17) is 4.74 Å². The van der Waals surface area contributed by atoms with E-state index in [1.54, 1.807) is 0 Å². The number of benzene rings is 2. The van der Waals surface area contributed by atoms with Crippen molar-refractivity contribution < 1.29 is 4.74 Å². The first-order valence-corrected chi connectivity index (χ1v) is 6.78. The van der Waals surface area contributed by atoms with Gasteiger partial charge in [0.2, 0.25) is 0 Å². The van der Waals surface area contributed by atoms with E-state index in [2.05, 4.69) is 42.5 Å². The second-order valence-electron chi connectivity index (χ2n) is 4.51. The summed E-state index contributed by atoms with van der Waals surface area (Å²) in [5, 5.41) is 0. The molecule has 0 aliphatic rings. The topological polar surface area (TPSA) is 9.23 Å². The van der Waals surface area contributed by atoms with Gasteiger partial charge in [-0.2, -0.15) is 0 Å². The van der Waals surface area contributed by atoms with Gasteiger partial charge in [0.1, 0.15) is 5.75 Å². The van der Waals surface area contributed by atoms with E-state index in [0.717, 1.165) is 25.2 Å². The molecule has 0 radical (unpaired) electrons. The van der Waals surface area contributed by atoms with Crippen LogP contribution in [0.15, 0.2) is 60.7 Å². The molecule has 0 aliphatic heterocycles. The Morgan fingerprint density at radius 2 is 1.68 bits per heavy atom. The summed E-state index contributed by atoms with van der Waals surface area (Å²) in [6.07, 6.45) is 6.23. The Hall–Kier alpha value is -2.02. The fraction of sp³-hybridized carbons (Fsp3) is 0.222. The lowest BCUT2D eigenvalue weighted by atomic mass is 10.1. The molecule has 2 aromatic carbocycles. The van der Waals surface area contributed by atoms with E-state index >= 15 is 0 Å². The summed E-state index contributed by atoms with van der Waals surface area (Å²) in [4.78, 5) is 0. The van der Waals surface area contributed by atoms with Gasteiger partial charge in [0.15, 0.2) is 0 Å². The van der Waals surface area contributed by atoms with Crippen LogP contribution in [0, 0.1) is 0 Å². The van der Waals surface area contributed by atoms with Crippen LogP contribution in [0.3, 0.4) is 0 Å². The molecule has 0 atom stereocenters. The lowest BCUT2D eigenvalue weighted by Gasteiger charge is -2.06. The van der Waals surface area contributed by atoms with Crippen LogP contribution in [0.4, 0.5) is 0 Å². The fourth-order valence-electron chi connectivity index (χ4n) is 1.98. The zero-order chi connectivity index (χ0) is 13.3. The summed E-state index contributed by atoms with van der Waals surface area (Å²) in [6.45, 7) is 2.78. The molecule has 19 heavy (non-hydrogen) atoms. The third-order valence-corrected chi connectivity index (χ3v) is 2.96. The van der Waals surface area contributed by atoms with Crippen molar-refractivity contribution >= 4 is 6.08 Å². The minimum absolute atomic E-state index is 0.762. The molecule has 0 aliphatic carbocycles. The van der Waals surface area contributed by atoms with Crippen molar-refractivity contribution in [3.63, 3.8) is 0 Å². The summed E-state index contributed by atoms with van der Waals surface area (Å²) in [7, 11) is 0. The predicted octanol–water partition coefficient (Wildman–Crippen LogP) is 4.73. The number of rotatable bonds is 6. The molecule has 1 nitrogen and oxygen atoms in total. The number of hydrogen-bond acceptors (Lipinski definition) is 1. The molecule has 2 rings (SSSR count). The van der Waals surface area contributed by atoms with E-state index < -0.39 is 0 Å². The van der Waals surface area contributed by atoms with Gasteiger partial charge in [-0.15, -0.1) is 0 Å². The summed E-state index contributed by atoms with van der Waals surface area (Å²) in [5.41, 5.74) is 2.58. The predicted molar refractivity (Wildman–Crippen MR) is 81.4 cm³/mol. The molecule has 1 heteroatoms. The van der Waals surface area contributed by atoms with E-state index in [1.165, 1.54) is 11.1 Å². The van der Waals surface area contributed by atoms with Gasteiger partial charge in [-0.3, -0.25) is 0 Å². The van der Waals surface area contributed by atoms with Crippen LogP contribution < -0.4 is 4.74 Å². The van der Waals surface area contributed by atoms with Gasteiger partial charge in [-0.1, -0.05) is 54.6 Å². The number of hydrogen-bond donors (Lipinski definition) is 0. The summed E-state index contributed by atoms with van der Waals surface area (Å²) >= 11 is 0. The average Bonchev–Trinajstić information content (AvgIpc) is 2.47. The van der Waals surface area contributed by atoms with Crippen LogP contribution in [0.5, 0.6) is 5.75 Å². The summed E-state index contributed by atoms with van der Waals surface area (Å²) in [6, 6.07) is 18.7. The van der Waals surface area contributed by atoms with Crippen LogP contribution in [-0.2, 0) is 6.42 Å². The smallest absolute Gasteiger partial charge is 0.119 e. The van der Waals surface area contributed by atoms with Crippen molar-refractivity contribution in [3.8, 4) is 5.75 Å². The van der Waals surface area contributed by atoms with Crippen LogP contribution >= 0.6 is 0 Å². The van der Waals surface area contributed by atoms with E-state index in [9.17, 15) is 0 Å². The van der Waals surface area contributed by atoms with Crippen molar-refractivity contribution in [2.24, 2.45) is 0 Å². The highest BCUT2D eigenvalue weighted by molar-refractivity contribution is 5.50. The second kappa shape index (κ2) is 7.42. The molecular formula is C18H20O. The number of aryl methyl sites for hydroxylation is 1. The highest BCUT2D eigenvalue weighted by atomic mass is 16.5. The number of allylic oxidation sites excluding steroid dienone is 1. The minimum Gasteiger partial charge on any atom is -0.494 e. The molecule has 2 aromatic rings. The van der Waals surface area contributed by atoms with Crippen molar-refractivity contribution in [3.05, 3.63) is 71.8 Å². The SMILES string of the molecule is C/C=C/c1ccc(OCCCc2ccccc2)cc1. The molecule has 0 amide bonds. The van der Waals surface area contributed by atoms with E-state index in [0.29, 0.717) is 0 Å². The molecule has 0 fully saturated rings. The molecule has 98 valence electrons. The molecule has 0 saturated heterocycles. The van der Waals surface area contributed by atoms with Crippen molar-refractivity contribution in [1.29, 1.82) is 0 Å². The van der Waals surface area contributed by atoms with Gasteiger partial charge in [-0.05, 0) is 43.0 Å². The lowest BCUT2D eigenvalue weighted by Crippen LogP contribution is -1.99. The molecule has 0 N–H and O–H groups in total. The van der Waals surface area contributed by atoms with Gasteiger partial charge >= 0.3 is 0 Å². The molecule has 0 saturated carbocycles. The first-order chi connectivity index (χ1) is 9.38. The van der Waals surface area contributed by atoms with Gasteiger partial charge in [0.05, 0.1) is 6.61 Å². The lowest BCUT2D eigenvalue weighted by molar-refractivity contribution is 0.311. The fourth-order valence-corrected chi connectivity index (χ4v) is 1.98. The maximum atomic E-state index is 5.74. The van der Waals surface area contributed by atoms with Crippen LogP contribution in [0.25, 0.3) is 6.08 Å². The average molecular weight is 252 g/mol. The van der Waals surface area contributed by atoms with Crippen LogP contribution in [0.2, 0.25) is 0 Å². The first-order valence-electron chi connectivity index (χ1n) is 6.78. The van der Waals surface area contributed by atoms with Crippen molar-refractivity contribution in [1.82, 2.24) is 0 Å².